The number of hydrogen-bond acceptors (Lipinski definition) is 3. The first-order valence-corrected chi connectivity index (χ1v) is 8.64. The van der Waals surface area contributed by atoms with E-state index in [0.717, 1.165) is 55.0 Å². The number of nitrogens with zero attached hydrogens (tertiary/aromatic N) is 2. The molecule has 0 bridgehead atoms. The molecule has 23 heavy (non-hydrogen) atoms. The van der Waals surface area contributed by atoms with E-state index in [0.29, 0.717) is 22.5 Å². The van der Waals surface area contributed by atoms with E-state index in [1.54, 1.807) is 0 Å². The van der Waals surface area contributed by atoms with Crippen molar-refractivity contribution in [2.24, 2.45) is 0 Å². The van der Waals surface area contributed by atoms with Crippen LogP contribution in [0.2, 0.25) is 10.0 Å². The second-order valence-electron chi connectivity index (χ2n) is 6.36. The molecule has 1 aromatic heterocycles. The van der Waals surface area contributed by atoms with E-state index in [1.807, 2.05) is 18.2 Å². The maximum absolute atomic E-state index is 12.2. The molecule has 1 fully saturated rings. The zero-order valence-corrected chi connectivity index (χ0v) is 14.1. The molecule has 1 aromatic carbocycles. The molecule has 1 saturated carbocycles. The van der Waals surface area contributed by atoms with Gasteiger partial charge in [0.2, 0.25) is 0 Å². The summed E-state index contributed by atoms with van der Waals surface area (Å²) in [5.41, 5.74) is 2.95. The number of aromatic nitrogens is 2. The molecule has 0 unspecified atom stereocenters. The second-order valence-corrected chi connectivity index (χ2v) is 7.17. The highest BCUT2D eigenvalue weighted by Crippen LogP contribution is 2.37. The molecule has 0 atom stereocenters. The standard InChI is InChI=1S/C17H17Cl2N3O/c18-13-4-1-10(7-14(13)19)8-22-6-5-12-15(9-22)20-16(11-2-3-11)21-17(12)23/h1,4,7,11H,2-3,5-6,8-9H2,(H,20,21,23). The van der Waals surface area contributed by atoms with Crippen molar-refractivity contribution in [1.82, 2.24) is 14.9 Å². The van der Waals surface area contributed by atoms with Gasteiger partial charge in [-0.25, -0.2) is 4.98 Å². The Morgan fingerprint density at radius 3 is 2.83 bits per heavy atom. The van der Waals surface area contributed by atoms with Crippen LogP contribution >= 0.6 is 23.2 Å². The summed E-state index contributed by atoms with van der Waals surface area (Å²) >= 11 is 12.1. The van der Waals surface area contributed by atoms with Crippen molar-refractivity contribution in [2.45, 2.75) is 38.3 Å². The molecule has 120 valence electrons. The predicted octanol–water partition coefficient (Wildman–Crippen LogP) is 3.51. The Hall–Kier alpha value is -1.36. The average molecular weight is 350 g/mol. The van der Waals surface area contributed by atoms with E-state index in [-0.39, 0.29) is 5.56 Å². The van der Waals surface area contributed by atoms with Gasteiger partial charge < -0.3 is 4.98 Å². The number of H-pyrrole nitrogens is 1. The highest BCUT2D eigenvalue weighted by molar-refractivity contribution is 6.42. The van der Waals surface area contributed by atoms with E-state index < -0.39 is 0 Å². The fourth-order valence-corrected chi connectivity index (χ4v) is 3.41. The van der Waals surface area contributed by atoms with Gasteiger partial charge in [-0.1, -0.05) is 29.3 Å². The number of rotatable bonds is 3. The van der Waals surface area contributed by atoms with Gasteiger partial charge in [0.25, 0.3) is 5.56 Å². The number of benzene rings is 1. The first kappa shape index (κ1) is 15.2. The summed E-state index contributed by atoms with van der Waals surface area (Å²) in [6.45, 7) is 2.34. The van der Waals surface area contributed by atoms with Crippen molar-refractivity contribution in [3.8, 4) is 0 Å². The quantitative estimate of drug-likeness (QED) is 0.922. The van der Waals surface area contributed by atoms with Gasteiger partial charge in [-0.3, -0.25) is 9.69 Å². The van der Waals surface area contributed by atoms with Crippen molar-refractivity contribution >= 4 is 23.2 Å². The number of fused-ring (bicyclic) bond motifs is 1. The van der Waals surface area contributed by atoms with Gasteiger partial charge in [-0.05, 0) is 37.0 Å². The van der Waals surface area contributed by atoms with Crippen LogP contribution in [-0.2, 0) is 19.5 Å². The highest BCUT2D eigenvalue weighted by Gasteiger charge is 2.29. The van der Waals surface area contributed by atoms with Gasteiger partial charge in [0.05, 0.1) is 15.7 Å². The summed E-state index contributed by atoms with van der Waals surface area (Å²) in [6.07, 6.45) is 3.01. The minimum atomic E-state index is 0.0473. The number of nitrogens with one attached hydrogen (secondary N) is 1. The Balaban J connectivity index is 1.55. The molecule has 2 heterocycles. The number of halogens is 2. The molecule has 0 amide bonds. The summed E-state index contributed by atoms with van der Waals surface area (Å²) in [4.78, 5) is 22.2. The van der Waals surface area contributed by atoms with E-state index >= 15 is 0 Å². The van der Waals surface area contributed by atoms with Crippen LogP contribution < -0.4 is 5.56 Å². The lowest BCUT2D eigenvalue weighted by Gasteiger charge is -2.27. The Morgan fingerprint density at radius 2 is 2.09 bits per heavy atom. The molecule has 6 heteroatoms. The summed E-state index contributed by atoms with van der Waals surface area (Å²) in [6, 6.07) is 5.72. The molecular formula is C17H17Cl2N3O. The van der Waals surface area contributed by atoms with Gasteiger partial charge in [0, 0.05) is 31.1 Å². The minimum Gasteiger partial charge on any atom is -0.310 e. The average Bonchev–Trinajstić information content (AvgIpc) is 3.35. The maximum atomic E-state index is 12.2. The maximum Gasteiger partial charge on any atom is 0.254 e. The lowest BCUT2D eigenvalue weighted by atomic mass is 10.1. The third-order valence-corrected chi connectivity index (χ3v) is 5.26. The lowest BCUT2D eigenvalue weighted by molar-refractivity contribution is 0.240. The van der Waals surface area contributed by atoms with Crippen molar-refractivity contribution in [3.05, 3.63) is 61.2 Å². The summed E-state index contributed by atoms with van der Waals surface area (Å²) in [5.74, 6) is 1.32. The SMILES string of the molecule is O=c1[nH]c(C2CC2)nc2c1CCN(Cc1ccc(Cl)c(Cl)c1)C2. The van der Waals surface area contributed by atoms with Gasteiger partial charge in [0.1, 0.15) is 5.82 Å². The molecular weight excluding hydrogens is 333 g/mol. The molecule has 2 aromatic rings. The smallest absolute Gasteiger partial charge is 0.254 e. The van der Waals surface area contributed by atoms with Gasteiger partial charge in [-0.2, -0.15) is 0 Å². The van der Waals surface area contributed by atoms with Gasteiger partial charge in [-0.15, -0.1) is 0 Å². The molecule has 0 saturated heterocycles. The molecule has 1 aliphatic carbocycles. The van der Waals surface area contributed by atoms with Gasteiger partial charge in [0.15, 0.2) is 0 Å². The van der Waals surface area contributed by atoms with Crippen LogP contribution in [0.3, 0.4) is 0 Å². The largest absolute Gasteiger partial charge is 0.310 e. The van der Waals surface area contributed by atoms with Crippen molar-refractivity contribution in [1.29, 1.82) is 0 Å². The molecule has 0 radical (unpaired) electrons. The molecule has 0 spiro atoms. The lowest BCUT2D eigenvalue weighted by Crippen LogP contribution is -2.35. The van der Waals surface area contributed by atoms with Crippen molar-refractivity contribution in [2.75, 3.05) is 6.54 Å². The molecule has 2 aliphatic rings. The normalized spacial score (nSPS) is 18.0. The van der Waals surface area contributed by atoms with E-state index in [4.69, 9.17) is 28.2 Å². The second kappa shape index (κ2) is 5.93. The third kappa shape index (κ3) is 3.16. The van der Waals surface area contributed by atoms with Crippen LogP contribution in [0.1, 0.15) is 41.4 Å². The van der Waals surface area contributed by atoms with Gasteiger partial charge >= 0.3 is 0 Å². The van der Waals surface area contributed by atoms with Crippen molar-refractivity contribution < 1.29 is 0 Å². The Labute approximate surface area is 144 Å². The first-order valence-electron chi connectivity index (χ1n) is 7.88. The topological polar surface area (TPSA) is 49.0 Å². The van der Waals surface area contributed by atoms with Crippen LogP contribution in [0.15, 0.2) is 23.0 Å². The number of hydrogen-bond donors (Lipinski definition) is 1. The predicted molar refractivity (Wildman–Crippen MR) is 91.1 cm³/mol. The summed E-state index contributed by atoms with van der Waals surface area (Å²) in [7, 11) is 0. The molecule has 1 aliphatic heterocycles. The first-order chi connectivity index (χ1) is 11.1. The monoisotopic (exact) mass is 349 g/mol. The van der Waals surface area contributed by atoms with Crippen LogP contribution in [0.25, 0.3) is 0 Å². The Bertz CT molecular complexity index is 814. The van der Waals surface area contributed by atoms with Crippen LogP contribution in [0.4, 0.5) is 0 Å². The summed E-state index contributed by atoms with van der Waals surface area (Å²) in [5, 5.41) is 1.15. The fraction of sp³-hybridized carbons (Fsp3) is 0.412. The Morgan fingerprint density at radius 1 is 1.26 bits per heavy atom. The Kier molecular flexibility index (Phi) is 3.92. The van der Waals surface area contributed by atoms with E-state index in [2.05, 4.69) is 9.88 Å². The fourth-order valence-electron chi connectivity index (χ4n) is 3.09. The minimum absolute atomic E-state index is 0.0473. The van der Waals surface area contributed by atoms with Crippen LogP contribution in [-0.4, -0.2) is 21.4 Å². The highest BCUT2D eigenvalue weighted by atomic mass is 35.5. The van der Waals surface area contributed by atoms with Crippen molar-refractivity contribution in [3.63, 3.8) is 0 Å². The summed E-state index contributed by atoms with van der Waals surface area (Å²) < 4.78 is 0. The zero-order valence-electron chi connectivity index (χ0n) is 12.6. The third-order valence-electron chi connectivity index (χ3n) is 4.53. The van der Waals surface area contributed by atoms with E-state index in [1.165, 1.54) is 0 Å². The van der Waals surface area contributed by atoms with Crippen LogP contribution in [0.5, 0.6) is 0 Å². The van der Waals surface area contributed by atoms with E-state index in [9.17, 15) is 4.79 Å². The zero-order chi connectivity index (χ0) is 16.0. The molecule has 1 N–H and O–H groups in total. The van der Waals surface area contributed by atoms with Crippen LogP contribution in [0, 0.1) is 0 Å². The molecule has 4 rings (SSSR count). The number of aromatic amines is 1. The molecule has 4 nitrogen and oxygen atoms in total.